The number of nitrogens with one attached hydrogen (secondary N) is 1. The van der Waals surface area contributed by atoms with Crippen LogP contribution >= 0.6 is 0 Å². The quantitative estimate of drug-likeness (QED) is 0.769. The van der Waals surface area contributed by atoms with Gasteiger partial charge in [-0.25, -0.2) is 0 Å². The Labute approximate surface area is 90.3 Å². The van der Waals surface area contributed by atoms with Gasteiger partial charge >= 0.3 is 0 Å². The Balaban J connectivity index is 1.98. The van der Waals surface area contributed by atoms with Crippen LogP contribution in [0.25, 0.3) is 0 Å². The fourth-order valence-corrected chi connectivity index (χ4v) is 2.00. The standard InChI is InChI=1S/C11H18N4/c1-8-6-7-11(15-14-8)13-10-5-3-2-4-9(10)12/h6-7,9-10H,2-5,12H2,1H3,(H,13,15)/t9-,10+/m1/s1. The largest absolute Gasteiger partial charge is 0.364 e. The number of anilines is 1. The third kappa shape index (κ3) is 2.65. The second-order valence-corrected chi connectivity index (χ2v) is 4.26. The molecule has 0 amide bonds. The van der Waals surface area contributed by atoms with Crippen LogP contribution in [0.1, 0.15) is 31.4 Å². The van der Waals surface area contributed by atoms with Gasteiger partial charge in [0.2, 0.25) is 0 Å². The molecule has 2 rings (SSSR count). The highest BCUT2D eigenvalue weighted by Gasteiger charge is 2.21. The third-order valence-corrected chi connectivity index (χ3v) is 2.95. The first-order valence-electron chi connectivity index (χ1n) is 5.58. The van der Waals surface area contributed by atoms with E-state index in [2.05, 4.69) is 15.5 Å². The molecule has 4 heteroatoms. The molecule has 1 aromatic rings. The van der Waals surface area contributed by atoms with Gasteiger partial charge < -0.3 is 11.1 Å². The molecule has 3 N–H and O–H groups in total. The predicted molar refractivity (Wildman–Crippen MR) is 60.6 cm³/mol. The van der Waals surface area contributed by atoms with E-state index in [1.807, 2.05) is 19.1 Å². The zero-order valence-electron chi connectivity index (χ0n) is 9.11. The van der Waals surface area contributed by atoms with E-state index in [1.54, 1.807) is 0 Å². The number of nitrogens with two attached hydrogens (primary N) is 1. The van der Waals surface area contributed by atoms with Gasteiger partial charge in [-0.3, -0.25) is 0 Å². The molecule has 82 valence electrons. The van der Waals surface area contributed by atoms with E-state index in [-0.39, 0.29) is 6.04 Å². The summed E-state index contributed by atoms with van der Waals surface area (Å²) in [5, 5.41) is 11.5. The fraction of sp³-hybridized carbons (Fsp3) is 0.636. The van der Waals surface area contributed by atoms with Gasteiger partial charge in [0, 0.05) is 12.1 Å². The minimum absolute atomic E-state index is 0.252. The maximum absolute atomic E-state index is 6.05. The van der Waals surface area contributed by atoms with Crippen LogP contribution < -0.4 is 11.1 Å². The lowest BCUT2D eigenvalue weighted by atomic mass is 9.91. The molecule has 0 unspecified atom stereocenters. The number of rotatable bonds is 2. The highest BCUT2D eigenvalue weighted by Crippen LogP contribution is 2.19. The van der Waals surface area contributed by atoms with E-state index in [1.165, 1.54) is 12.8 Å². The zero-order chi connectivity index (χ0) is 10.7. The Morgan fingerprint density at radius 1 is 1.27 bits per heavy atom. The summed E-state index contributed by atoms with van der Waals surface area (Å²) in [5.74, 6) is 0.836. The zero-order valence-corrected chi connectivity index (χ0v) is 9.11. The van der Waals surface area contributed by atoms with Crippen LogP contribution in [-0.2, 0) is 0 Å². The fourth-order valence-electron chi connectivity index (χ4n) is 2.00. The van der Waals surface area contributed by atoms with Crippen molar-refractivity contribution in [2.45, 2.75) is 44.7 Å². The summed E-state index contributed by atoms with van der Waals surface area (Å²) in [6.07, 6.45) is 4.75. The van der Waals surface area contributed by atoms with Crippen molar-refractivity contribution in [3.05, 3.63) is 17.8 Å². The Morgan fingerprint density at radius 2 is 2.07 bits per heavy atom. The first kappa shape index (κ1) is 10.4. The van der Waals surface area contributed by atoms with Crippen molar-refractivity contribution in [3.8, 4) is 0 Å². The molecule has 1 aliphatic rings. The van der Waals surface area contributed by atoms with E-state index in [9.17, 15) is 0 Å². The molecule has 0 saturated heterocycles. The molecule has 1 aliphatic carbocycles. The molecule has 0 aromatic carbocycles. The van der Waals surface area contributed by atoms with Crippen LogP contribution in [0.15, 0.2) is 12.1 Å². The normalized spacial score (nSPS) is 26.3. The third-order valence-electron chi connectivity index (χ3n) is 2.95. The van der Waals surface area contributed by atoms with E-state index in [0.717, 1.165) is 24.4 Å². The molecule has 0 bridgehead atoms. The van der Waals surface area contributed by atoms with Crippen LogP contribution in [0.4, 0.5) is 5.82 Å². The molecule has 1 heterocycles. The van der Waals surface area contributed by atoms with Crippen LogP contribution in [0.2, 0.25) is 0 Å². The van der Waals surface area contributed by atoms with Crippen molar-refractivity contribution in [2.24, 2.45) is 5.73 Å². The number of aryl methyl sites for hydroxylation is 1. The van der Waals surface area contributed by atoms with Crippen LogP contribution in [-0.4, -0.2) is 22.3 Å². The molecule has 0 radical (unpaired) electrons. The summed E-state index contributed by atoms with van der Waals surface area (Å²) in [7, 11) is 0. The van der Waals surface area contributed by atoms with Crippen molar-refractivity contribution >= 4 is 5.82 Å². The second-order valence-electron chi connectivity index (χ2n) is 4.26. The monoisotopic (exact) mass is 206 g/mol. The summed E-state index contributed by atoms with van der Waals surface area (Å²) in [5.41, 5.74) is 6.98. The lowest BCUT2D eigenvalue weighted by Gasteiger charge is -2.29. The molecule has 15 heavy (non-hydrogen) atoms. The summed E-state index contributed by atoms with van der Waals surface area (Å²) in [6, 6.07) is 4.53. The lowest BCUT2D eigenvalue weighted by Crippen LogP contribution is -2.42. The van der Waals surface area contributed by atoms with Gasteiger partial charge in [0.05, 0.1) is 5.69 Å². The average Bonchev–Trinajstić information content (AvgIpc) is 2.25. The highest BCUT2D eigenvalue weighted by molar-refractivity contribution is 5.34. The number of aromatic nitrogens is 2. The Bertz CT molecular complexity index is 309. The van der Waals surface area contributed by atoms with Gasteiger partial charge in [-0.05, 0) is 31.9 Å². The average molecular weight is 206 g/mol. The van der Waals surface area contributed by atoms with Crippen LogP contribution in [0.3, 0.4) is 0 Å². The molecule has 1 fully saturated rings. The van der Waals surface area contributed by atoms with Gasteiger partial charge in [-0.15, -0.1) is 5.10 Å². The van der Waals surface area contributed by atoms with E-state index < -0.39 is 0 Å². The maximum atomic E-state index is 6.05. The molecule has 4 nitrogen and oxygen atoms in total. The molecule has 1 aromatic heterocycles. The van der Waals surface area contributed by atoms with Gasteiger partial charge in [0.1, 0.15) is 5.82 Å². The highest BCUT2D eigenvalue weighted by atomic mass is 15.2. The molecule has 0 spiro atoms. The van der Waals surface area contributed by atoms with Crippen molar-refractivity contribution in [2.75, 3.05) is 5.32 Å². The summed E-state index contributed by atoms with van der Waals surface area (Å²) < 4.78 is 0. The first-order chi connectivity index (χ1) is 7.25. The first-order valence-corrected chi connectivity index (χ1v) is 5.58. The predicted octanol–water partition coefficient (Wildman–Crippen LogP) is 1.47. The number of nitrogens with zero attached hydrogens (tertiary/aromatic N) is 2. The van der Waals surface area contributed by atoms with E-state index in [4.69, 9.17) is 5.73 Å². The Kier molecular flexibility index (Phi) is 3.16. The van der Waals surface area contributed by atoms with Gasteiger partial charge in [0.25, 0.3) is 0 Å². The number of hydrogen-bond donors (Lipinski definition) is 2. The molecule has 1 saturated carbocycles. The SMILES string of the molecule is Cc1ccc(N[C@H]2CCCC[C@H]2N)nn1. The van der Waals surface area contributed by atoms with Crippen molar-refractivity contribution in [3.63, 3.8) is 0 Å². The Morgan fingerprint density at radius 3 is 2.73 bits per heavy atom. The van der Waals surface area contributed by atoms with Crippen LogP contribution in [0, 0.1) is 6.92 Å². The minimum Gasteiger partial charge on any atom is -0.364 e. The van der Waals surface area contributed by atoms with Gasteiger partial charge in [0.15, 0.2) is 0 Å². The summed E-state index contributed by atoms with van der Waals surface area (Å²) in [4.78, 5) is 0. The topological polar surface area (TPSA) is 63.8 Å². The van der Waals surface area contributed by atoms with E-state index >= 15 is 0 Å². The van der Waals surface area contributed by atoms with Crippen molar-refractivity contribution < 1.29 is 0 Å². The maximum Gasteiger partial charge on any atom is 0.148 e. The van der Waals surface area contributed by atoms with Gasteiger partial charge in [-0.1, -0.05) is 12.8 Å². The lowest BCUT2D eigenvalue weighted by molar-refractivity contribution is 0.403. The smallest absolute Gasteiger partial charge is 0.148 e. The van der Waals surface area contributed by atoms with E-state index in [0.29, 0.717) is 6.04 Å². The molecular formula is C11H18N4. The van der Waals surface area contributed by atoms with Gasteiger partial charge in [-0.2, -0.15) is 5.10 Å². The minimum atomic E-state index is 0.252. The molecule has 0 aliphatic heterocycles. The molecule has 2 atom stereocenters. The summed E-state index contributed by atoms with van der Waals surface area (Å²) in [6.45, 7) is 1.93. The second kappa shape index (κ2) is 4.57. The van der Waals surface area contributed by atoms with Crippen molar-refractivity contribution in [1.82, 2.24) is 10.2 Å². The summed E-state index contributed by atoms with van der Waals surface area (Å²) >= 11 is 0. The Hall–Kier alpha value is -1.16. The molecular weight excluding hydrogens is 188 g/mol. The number of hydrogen-bond acceptors (Lipinski definition) is 4. The van der Waals surface area contributed by atoms with Crippen LogP contribution in [0.5, 0.6) is 0 Å². The van der Waals surface area contributed by atoms with Crippen molar-refractivity contribution in [1.29, 1.82) is 0 Å².